The van der Waals surface area contributed by atoms with E-state index in [4.69, 9.17) is 9.47 Å². The van der Waals surface area contributed by atoms with E-state index in [0.29, 0.717) is 42.2 Å². The highest BCUT2D eigenvalue weighted by Crippen LogP contribution is 2.38. The van der Waals surface area contributed by atoms with Crippen LogP contribution in [0.4, 0.5) is 4.39 Å². The van der Waals surface area contributed by atoms with Crippen molar-refractivity contribution in [1.29, 1.82) is 0 Å². The molecule has 2 aromatic carbocycles. The lowest BCUT2D eigenvalue weighted by atomic mass is 9.89. The number of nitrogens with zero attached hydrogens (tertiary/aromatic N) is 1. The summed E-state index contributed by atoms with van der Waals surface area (Å²) < 4.78 is 27.2. The van der Waals surface area contributed by atoms with E-state index < -0.39 is 5.97 Å². The molecule has 0 unspecified atom stereocenters. The molecule has 0 amide bonds. The summed E-state index contributed by atoms with van der Waals surface area (Å²) in [6, 6.07) is 8.87. The van der Waals surface area contributed by atoms with Gasteiger partial charge in [-0.3, -0.25) is 4.90 Å². The van der Waals surface area contributed by atoms with E-state index in [2.05, 4.69) is 32.6 Å². The average Bonchev–Trinajstić information content (AvgIpc) is 2.71. The second kappa shape index (κ2) is 9.82. The predicted octanol–water partition coefficient (Wildman–Crippen LogP) is 5.94. The molecule has 0 aliphatic carbocycles. The summed E-state index contributed by atoms with van der Waals surface area (Å²) in [6.45, 7) is 13.0. The molecule has 4 nitrogen and oxygen atoms in total. The van der Waals surface area contributed by atoms with E-state index in [9.17, 15) is 4.79 Å². The van der Waals surface area contributed by atoms with Crippen LogP contribution in [-0.4, -0.2) is 30.6 Å². The van der Waals surface area contributed by atoms with Crippen molar-refractivity contribution in [3.63, 3.8) is 0 Å². The zero-order valence-corrected chi connectivity index (χ0v) is 19.4. The van der Waals surface area contributed by atoms with Gasteiger partial charge in [0.05, 0.1) is 6.61 Å². The number of ether oxygens (including phenoxy) is 2. The van der Waals surface area contributed by atoms with E-state index in [1.54, 1.807) is 31.2 Å². The molecule has 0 saturated carbocycles. The second-order valence-electron chi connectivity index (χ2n) is 9.53. The number of hydrogen-bond donors (Lipinski definition) is 0. The first-order valence-corrected chi connectivity index (χ1v) is 11.2. The van der Waals surface area contributed by atoms with E-state index in [0.717, 1.165) is 31.5 Å². The number of halogens is 1. The van der Waals surface area contributed by atoms with Gasteiger partial charge in [-0.25, -0.2) is 9.18 Å². The number of fused-ring (bicyclic) bond motifs is 1. The summed E-state index contributed by atoms with van der Waals surface area (Å²) in [5, 5.41) is 0. The number of unbranched alkanes of at least 4 members (excludes halogenated alkanes) is 1. The molecule has 1 heterocycles. The third kappa shape index (κ3) is 5.65. The Bertz CT molecular complexity index is 919. The quantitative estimate of drug-likeness (QED) is 0.312. The van der Waals surface area contributed by atoms with Gasteiger partial charge in [0.1, 0.15) is 22.9 Å². The van der Waals surface area contributed by atoms with Crippen LogP contribution in [0.1, 0.15) is 67.6 Å². The van der Waals surface area contributed by atoms with Crippen molar-refractivity contribution >= 4 is 5.97 Å². The lowest BCUT2D eigenvalue weighted by Gasteiger charge is -2.35. The molecule has 0 fully saturated rings. The molecule has 31 heavy (non-hydrogen) atoms. The topological polar surface area (TPSA) is 38.8 Å². The summed E-state index contributed by atoms with van der Waals surface area (Å²) in [5.41, 5.74) is 2.09. The smallest absolute Gasteiger partial charge is 0.347 e. The number of benzene rings is 2. The van der Waals surface area contributed by atoms with Crippen LogP contribution >= 0.6 is 0 Å². The molecule has 1 aliphatic rings. The SMILES string of the molecule is CCCCOc1c2c(c(F)c(C)c1C(=O)Oc1ccccc1)CN(CC(C)(C)C)CC2. The zero-order chi connectivity index (χ0) is 22.6. The van der Waals surface area contributed by atoms with Crippen LogP contribution in [0, 0.1) is 18.2 Å². The van der Waals surface area contributed by atoms with Gasteiger partial charge in [-0.15, -0.1) is 0 Å². The molecule has 1 aliphatic heterocycles. The number of carbonyl (C=O) groups excluding carboxylic acids is 1. The maximum atomic E-state index is 15.5. The normalized spacial score (nSPS) is 14.3. The minimum atomic E-state index is -0.575. The lowest BCUT2D eigenvalue weighted by molar-refractivity contribution is 0.0728. The highest BCUT2D eigenvalue weighted by Gasteiger charge is 2.32. The molecular formula is C26H34FNO3. The van der Waals surface area contributed by atoms with E-state index in [1.165, 1.54) is 0 Å². The van der Waals surface area contributed by atoms with E-state index in [1.807, 2.05) is 6.07 Å². The summed E-state index contributed by atoms with van der Waals surface area (Å²) >= 11 is 0. The molecule has 0 atom stereocenters. The predicted molar refractivity (Wildman–Crippen MR) is 121 cm³/mol. The Hall–Kier alpha value is -2.40. The zero-order valence-electron chi connectivity index (χ0n) is 19.4. The Morgan fingerprint density at radius 3 is 2.52 bits per heavy atom. The Kier molecular flexibility index (Phi) is 7.37. The van der Waals surface area contributed by atoms with Crippen LogP contribution in [-0.2, 0) is 13.0 Å². The molecule has 0 bridgehead atoms. The molecule has 0 aromatic heterocycles. The van der Waals surface area contributed by atoms with Gasteiger partial charge >= 0.3 is 5.97 Å². The molecule has 0 N–H and O–H groups in total. The number of esters is 1. The summed E-state index contributed by atoms with van der Waals surface area (Å²) in [6.07, 6.45) is 2.50. The molecule has 0 saturated heterocycles. The van der Waals surface area contributed by atoms with Crippen molar-refractivity contribution < 1.29 is 18.7 Å². The van der Waals surface area contributed by atoms with Crippen LogP contribution in [0.2, 0.25) is 0 Å². The van der Waals surface area contributed by atoms with Crippen molar-refractivity contribution in [3.8, 4) is 11.5 Å². The van der Waals surface area contributed by atoms with Gasteiger partial charge in [0.2, 0.25) is 0 Å². The average molecular weight is 428 g/mol. The van der Waals surface area contributed by atoms with Crippen molar-refractivity contribution in [1.82, 2.24) is 4.90 Å². The number of carbonyl (C=O) groups is 1. The van der Waals surface area contributed by atoms with Crippen molar-refractivity contribution in [2.75, 3.05) is 19.7 Å². The maximum Gasteiger partial charge on any atom is 0.347 e. The third-order valence-electron chi connectivity index (χ3n) is 5.49. The van der Waals surface area contributed by atoms with Crippen LogP contribution in [0.15, 0.2) is 30.3 Å². The van der Waals surface area contributed by atoms with Gasteiger partial charge in [0, 0.05) is 36.3 Å². The Morgan fingerprint density at radius 1 is 1.16 bits per heavy atom. The van der Waals surface area contributed by atoms with Crippen LogP contribution < -0.4 is 9.47 Å². The monoisotopic (exact) mass is 427 g/mol. The maximum absolute atomic E-state index is 15.5. The van der Waals surface area contributed by atoms with Gasteiger partial charge < -0.3 is 9.47 Å². The van der Waals surface area contributed by atoms with Crippen molar-refractivity contribution in [2.45, 2.75) is 60.4 Å². The minimum Gasteiger partial charge on any atom is -0.492 e. The number of rotatable bonds is 7. The molecule has 5 heteroatoms. The number of hydrogen-bond acceptors (Lipinski definition) is 4. The Balaban J connectivity index is 2.01. The standard InChI is InChI=1S/C26H34FNO3/c1-6-7-15-30-24-20-13-14-28(17-26(3,4)5)16-21(20)23(27)18(2)22(24)25(29)31-19-11-9-8-10-12-19/h8-12H,6-7,13-17H2,1-5H3. The minimum absolute atomic E-state index is 0.128. The van der Waals surface area contributed by atoms with Crippen LogP contribution in [0.25, 0.3) is 0 Å². The molecular weight excluding hydrogens is 393 g/mol. The molecule has 0 radical (unpaired) electrons. The largest absolute Gasteiger partial charge is 0.492 e. The van der Waals surface area contributed by atoms with Crippen molar-refractivity contribution in [2.24, 2.45) is 5.41 Å². The summed E-state index contributed by atoms with van der Waals surface area (Å²) in [5.74, 6) is 0.0325. The molecule has 3 rings (SSSR count). The lowest BCUT2D eigenvalue weighted by Crippen LogP contribution is -2.38. The molecule has 2 aromatic rings. The fraction of sp³-hybridized carbons (Fsp3) is 0.500. The number of para-hydroxylation sites is 1. The second-order valence-corrected chi connectivity index (χ2v) is 9.53. The Morgan fingerprint density at radius 2 is 1.87 bits per heavy atom. The molecule has 0 spiro atoms. The van der Waals surface area contributed by atoms with Gasteiger partial charge in [-0.05, 0) is 37.3 Å². The van der Waals surface area contributed by atoms with Crippen LogP contribution in [0.3, 0.4) is 0 Å². The fourth-order valence-electron chi connectivity index (χ4n) is 4.10. The molecule has 168 valence electrons. The first kappa shape index (κ1) is 23.3. The summed E-state index contributed by atoms with van der Waals surface area (Å²) in [7, 11) is 0. The first-order chi connectivity index (χ1) is 14.7. The first-order valence-electron chi connectivity index (χ1n) is 11.2. The van der Waals surface area contributed by atoms with Gasteiger partial charge in [0.25, 0.3) is 0 Å². The van der Waals surface area contributed by atoms with Crippen molar-refractivity contribution in [3.05, 3.63) is 58.4 Å². The highest BCUT2D eigenvalue weighted by atomic mass is 19.1. The highest BCUT2D eigenvalue weighted by molar-refractivity contribution is 5.96. The summed E-state index contributed by atoms with van der Waals surface area (Å²) in [4.78, 5) is 15.4. The Labute approximate surface area is 185 Å². The van der Waals surface area contributed by atoms with Gasteiger partial charge in [0.15, 0.2) is 0 Å². The van der Waals surface area contributed by atoms with Crippen LogP contribution in [0.5, 0.6) is 11.5 Å². The fourth-order valence-corrected chi connectivity index (χ4v) is 4.10. The van der Waals surface area contributed by atoms with E-state index >= 15 is 4.39 Å². The van der Waals surface area contributed by atoms with Gasteiger partial charge in [-0.1, -0.05) is 52.3 Å². The third-order valence-corrected chi connectivity index (χ3v) is 5.49. The van der Waals surface area contributed by atoms with E-state index in [-0.39, 0.29) is 16.8 Å². The van der Waals surface area contributed by atoms with Gasteiger partial charge in [-0.2, -0.15) is 0 Å².